The normalized spacial score (nSPS) is 9.70. The predicted octanol–water partition coefficient (Wildman–Crippen LogP) is 0.536. The maximum atomic E-state index is 3.97. The van der Waals surface area contributed by atoms with Crippen molar-refractivity contribution >= 4 is 23.1 Å². The van der Waals surface area contributed by atoms with E-state index in [0.29, 0.717) is 0 Å². The molecule has 0 atom stereocenters. The van der Waals surface area contributed by atoms with Crippen LogP contribution in [-0.2, 0) is 13.1 Å². The van der Waals surface area contributed by atoms with Crippen molar-refractivity contribution in [3.63, 3.8) is 0 Å². The van der Waals surface area contributed by atoms with E-state index in [1.165, 1.54) is 11.1 Å². The van der Waals surface area contributed by atoms with Gasteiger partial charge in [-0.2, -0.15) is 6.42 Å². The zero-order valence-electron chi connectivity index (χ0n) is 11.8. The maximum Gasteiger partial charge on any atom is 2.00 e. The monoisotopic (exact) mass is 297 g/mol. The van der Waals surface area contributed by atoms with Gasteiger partial charge < -0.3 is 19.3 Å². The standard InChI is InChI=1S/C17H20N.ClH.Mg/c1-2-13-18(14-16-9-5-3-6-10-16)15-17-11-7-4-8-12-17;;/h3-12H,1-2,13-15H2;1H;/q-1;;+2/p-1. The third-order valence-electron chi connectivity index (χ3n) is 2.97. The van der Waals surface area contributed by atoms with E-state index in [-0.39, 0.29) is 35.5 Å². The van der Waals surface area contributed by atoms with Crippen LogP contribution in [0.25, 0.3) is 0 Å². The molecule has 0 spiro atoms. The molecule has 0 aromatic heterocycles. The van der Waals surface area contributed by atoms with Crippen molar-refractivity contribution in [1.29, 1.82) is 0 Å². The molecular weight excluding hydrogens is 278 g/mol. The number of benzene rings is 2. The van der Waals surface area contributed by atoms with Crippen LogP contribution < -0.4 is 12.4 Å². The van der Waals surface area contributed by atoms with E-state index in [9.17, 15) is 0 Å². The average Bonchev–Trinajstić information content (AvgIpc) is 2.41. The predicted molar refractivity (Wildman–Crippen MR) is 82.7 cm³/mol. The van der Waals surface area contributed by atoms with Crippen LogP contribution >= 0.6 is 0 Å². The summed E-state index contributed by atoms with van der Waals surface area (Å²) in [5.41, 5.74) is 2.73. The Kier molecular flexibility index (Phi) is 10.8. The van der Waals surface area contributed by atoms with Crippen LogP contribution in [0.5, 0.6) is 0 Å². The molecule has 0 saturated heterocycles. The van der Waals surface area contributed by atoms with Crippen LogP contribution in [-0.4, -0.2) is 34.5 Å². The minimum absolute atomic E-state index is 0. The summed E-state index contributed by atoms with van der Waals surface area (Å²) >= 11 is 0. The van der Waals surface area contributed by atoms with Gasteiger partial charge in [0.2, 0.25) is 0 Å². The van der Waals surface area contributed by atoms with Crippen molar-refractivity contribution in [2.24, 2.45) is 0 Å². The van der Waals surface area contributed by atoms with Crippen LogP contribution in [0.4, 0.5) is 0 Å². The first-order chi connectivity index (χ1) is 8.88. The van der Waals surface area contributed by atoms with E-state index in [1.54, 1.807) is 0 Å². The number of hydrogen-bond donors (Lipinski definition) is 0. The van der Waals surface area contributed by atoms with Crippen molar-refractivity contribution in [2.75, 3.05) is 6.54 Å². The van der Waals surface area contributed by atoms with Gasteiger partial charge in [0.05, 0.1) is 0 Å². The Morgan fingerprint density at radius 3 is 1.50 bits per heavy atom. The Balaban J connectivity index is 0.00000180. The molecule has 0 aliphatic heterocycles. The van der Waals surface area contributed by atoms with Crippen molar-refractivity contribution in [3.8, 4) is 0 Å². The Bertz CT molecular complexity index is 406. The van der Waals surface area contributed by atoms with E-state index >= 15 is 0 Å². The molecule has 2 rings (SSSR count). The summed E-state index contributed by atoms with van der Waals surface area (Å²) in [6.07, 6.45) is 0.944. The third kappa shape index (κ3) is 6.75. The fourth-order valence-electron chi connectivity index (χ4n) is 2.12. The van der Waals surface area contributed by atoms with Gasteiger partial charge in [0.25, 0.3) is 0 Å². The SMILES string of the molecule is [CH2-]CCN(Cc1ccccc1)Cc1ccccc1.[Cl-].[Mg+2]. The molecule has 0 aliphatic carbocycles. The van der Waals surface area contributed by atoms with Gasteiger partial charge in [-0.25, -0.2) is 0 Å². The van der Waals surface area contributed by atoms with Crippen LogP contribution in [0.2, 0.25) is 0 Å². The third-order valence-corrected chi connectivity index (χ3v) is 2.97. The number of hydrogen-bond acceptors (Lipinski definition) is 1. The van der Waals surface area contributed by atoms with Gasteiger partial charge in [-0.05, 0) is 17.7 Å². The van der Waals surface area contributed by atoms with Gasteiger partial charge in [0, 0.05) is 13.1 Å². The maximum absolute atomic E-state index is 3.97. The molecule has 0 saturated carbocycles. The summed E-state index contributed by atoms with van der Waals surface area (Å²) in [5.74, 6) is 0. The Hall–Kier alpha value is -0.544. The molecule has 2 aromatic rings. The van der Waals surface area contributed by atoms with E-state index < -0.39 is 0 Å². The van der Waals surface area contributed by atoms with Gasteiger partial charge in [0.15, 0.2) is 0 Å². The first kappa shape index (κ1) is 19.5. The molecule has 0 amide bonds. The van der Waals surface area contributed by atoms with Gasteiger partial charge in [-0.1, -0.05) is 60.7 Å². The minimum atomic E-state index is 0. The van der Waals surface area contributed by atoms with Gasteiger partial charge in [0.1, 0.15) is 0 Å². The second kappa shape index (κ2) is 11.2. The van der Waals surface area contributed by atoms with E-state index in [2.05, 4.69) is 72.5 Å². The Morgan fingerprint density at radius 1 is 0.750 bits per heavy atom. The number of nitrogens with zero attached hydrogens (tertiary/aromatic N) is 1. The topological polar surface area (TPSA) is 3.24 Å². The molecule has 0 bridgehead atoms. The molecule has 0 aliphatic rings. The van der Waals surface area contributed by atoms with Gasteiger partial charge in [-0.15, -0.1) is 0 Å². The molecule has 0 N–H and O–H groups in total. The van der Waals surface area contributed by atoms with Gasteiger partial charge in [-0.3, -0.25) is 4.90 Å². The van der Waals surface area contributed by atoms with Crippen LogP contribution in [0.3, 0.4) is 0 Å². The molecule has 102 valence electrons. The van der Waals surface area contributed by atoms with Crippen molar-refractivity contribution in [3.05, 3.63) is 78.7 Å². The summed E-state index contributed by atoms with van der Waals surface area (Å²) in [6.45, 7) is 6.98. The summed E-state index contributed by atoms with van der Waals surface area (Å²) in [6, 6.07) is 21.2. The van der Waals surface area contributed by atoms with Crippen LogP contribution in [0, 0.1) is 6.92 Å². The summed E-state index contributed by atoms with van der Waals surface area (Å²) in [5, 5.41) is 0. The first-order valence-corrected chi connectivity index (χ1v) is 6.48. The molecule has 2 aromatic carbocycles. The molecule has 20 heavy (non-hydrogen) atoms. The van der Waals surface area contributed by atoms with Crippen LogP contribution in [0.1, 0.15) is 17.5 Å². The summed E-state index contributed by atoms with van der Waals surface area (Å²) in [7, 11) is 0. The van der Waals surface area contributed by atoms with E-state index in [4.69, 9.17) is 0 Å². The Labute approximate surface area is 144 Å². The second-order valence-corrected chi connectivity index (χ2v) is 4.54. The zero-order valence-corrected chi connectivity index (χ0v) is 14.0. The van der Waals surface area contributed by atoms with Gasteiger partial charge >= 0.3 is 23.1 Å². The average molecular weight is 298 g/mol. The fourth-order valence-corrected chi connectivity index (χ4v) is 2.12. The number of rotatable bonds is 6. The minimum Gasteiger partial charge on any atom is -1.00 e. The molecule has 3 heteroatoms. The molecule has 0 fully saturated rings. The summed E-state index contributed by atoms with van der Waals surface area (Å²) < 4.78 is 0. The van der Waals surface area contributed by atoms with E-state index in [1.807, 2.05) is 0 Å². The first-order valence-electron chi connectivity index (χ1n) is 6.48. The van der Waals surface area contributed by atoms with Crippen molar-refractivity contribution < 1.29 is 12.4 Å². The second-order valence-electron chi connectivity index (χ2n) is 4.54. The molecule has 0 unspecified atom stereocenters. The molecule has 0 heterocycles. The largest absolute Gasteiger partial charge is 2.00 e. The molecule has 0 radical (unpaired) electrons. The fraction of sp³-hybridized carbons (Fsp3) is 0.235. The summed E-state index contributed by atoms with van der Waals surface area (Å²) in [4.78, 5) is 2.44. The zero-order chi connectivity index (χ0) is 12.6. The number of halogens is 1. The van der Waals surface area contributed by atoms with Crippen molar-refractivity contribution in [2.45, 2.75) is 19.5 Å². The molecular formula is C17H20ClMgN. The smallest absolute Gasteiger partial charge is 1.00 e. The van der Waals surface area contributed by atoms with E-state index in [0.717, 1.165) is 26.1 Å². The van der Waals surface area contributed by atoms with Crippen molar-refractivity contribution in [1.82, 2.24) is 4.90 Å². The Morgan fingerprint density at radius 2 is 1.15 bits per heavy atom. The quantitative estimate of drug-likeness (QED) is 0.556. The molecule has 1 nitrogen and oxygen atoms in total. The van der Waals surface area contributed by atoms with Crippen LogP contribution in [0.15, 0.2) is 60.7 Å².